The Kier molecular flexibility index (Phi) is 5.34. The van der Waals surface area contributed by atoms with Crippen LogP contribution in [0.15, 0.2) is 24.3 Å². The zero-order valence-corrected chi connectivity index (χ0v) is 14.3. The number of sulfone groups is 1. The Labute approximate surface area is 136 Å². The molecule has 2 unspecified atom stereocenters. The summed E-state index contributed by atoms with van der Waals surface area (Å²) in [6.07, 6.45) is 2.83. The first-order valence-corrected chi connectivity index (χ1v) is 9.61. The highest BCUT2D eigenvalue weighted by atomic mass is 35.5. The molecule has 122 valence electrons. The second kappa shape index (κ2) is 6.87. The molecule has 1 saturated heterocycles. The van der Waals surface area contributed by atoms with E-state index in [0.29, 0.717) is 11.6 Å². The van der Waals surface area contributed by atoms with Gasteiger partial charge < -0.3 is 10.2 Å². The molecule has 0 saturated carbocycles. The van der Waals surface area contributed by atoms with Gasteiger partial charge in [0.25, 0.3) is 0 Å². The molecule has 1 aromatic carbocycles. The number of amides is 1. The Morgan fingerprint density at radius 2 is 2.09 bits per heavy atom. The molecule has 22 heavy (non-hydrogen) atoms. The fraction of sp³-hybridized carbons (Fsp3) is 0.533. The Balaban J connectivity index is 2.03. The van der Waals surface area contributed by atoms with Crippen LogP contribution in [0, 0.1) is 0 Å². The fourth-order valence-electron chi connectivity index (χ4n) is 2.53. The van der Waals surface area contributed by atoms with Gasteiger partial charge in [-0.15, -0.1) is 0 Å². The molecule has 0 aliphatic carbocycles. The van der Waals surface area contributed by atoms with Gasteiger partial charge in [0, 0.05) is 25.4 Å². The second-order valence-electron chi connectivity index (χ2n) is 5.72. The lowest BCUT2D eigenvalue weighted by Gasteiger charge is -2.35. The van der Waals surface area contributed by atoms with Gasteiger partial charge in [0.2, 0.25) is 5.91 Å². The van der Waals surface area contributed by atoms with Gasteiger partial charge in [-0.1, -0.05) is 23.7 Å². The molecule has 7 heteroatoms. The lowest BCUT2D eigenvalue weighted by atomic mass is 10.0. The summed E-state index contributed by atoms with van der Waals surface area (Å²) < 4.78 is 22.9. The highest BCUT2D eigenvalue weighted by molar-refractivity contribution is 7.92. The number of benzene rings is 1. The molecule has 1 aromatic rings. The minimum absolute atomic E-state index is 0.0678. The van der Waals surface area contributed by atoms with Gasteiger partial charge in [0.05, 0.1) is 10.7 Å². The number of nitrogens with zero attached hydrogens (tertiary/aromatic N) is 1. The van der Waals surface area contributed by atoms with Crippen molar-refractivity contribution in [2.45, 2.75) is 31.1 Å². The first kappa shape index (κ1) is 17.1. The van der Waals surface area contributed by atoms with Crippen molar-refractivity contribution >= 4 is 33.0 Å². The standard InChI is InChI=1S/C15H21ClN2O3S/c1-11(22(2,20)21)15(19)17-12-6-5-9-18(10-12)14-8-4-3-7-13(14)16/h3-4,7-8,11-12H,5-6,9-10H2,1-2H3,(H,17,19). The zero-order valence-electron chi connectivity index (χ0n) is 12.8. The number of nitrogens with one attached hydrogen (secondary N) is 1. The van der Waals surface area contributed by atoms with E-state index in [4.69, 9.17) is 11.6 Å². The number of para-hydroxylation sites is 1. The van der Waals surface area contributed by atoms with Gasteiger partial charge in [-0.3, -0.25) is 4.79 Å². The zero-order chi connectivity index (χ0) is 16.3. The smallest absolute Gasteiger partial charge is 0.238 e. The summed E-state index contributed by atoms with van der Waals surface area (Å²) in [5.41, 5.74) is 0.944. The number of hydrogen-bond donors (Lipinski definition) is 1. The Morgan fingerprint density at radius 3 is 2.73 bits per heavy atom. The maximum Gasteiger partial charge on any atom is 0.238 e. The van der Waals surface area contributed by atoms with Crippen LogP contribution in [0.2, 0.25) is 5.02 Å². The summed E-state index contributed by atoms with van der Waals surface area (Å²) in [7, 11) is -3.37. The van der Waals surface area contributed by atoms with E-state index in [0.717, 1.165) is 31.3 Å². The highest BCUT2D eigenvalue weighted by Gasteiger charge is 2.28. The number of rotatable bonds is 4. The molecule has 0 bridgehead atoms. The number of anilines is 1. The van der Waals surface area contributed by atoms with Crippen molar-refractivity contribution in [2.24, 2.45) is 0 Å². The molecule has 1 amide bonds. The molecule has 5 nitrogen and oxygen atoms in total. The predicted molar refractivity (Wildman–Crippen MR) is 89.1 cm³/mol. The summed E-state index contributed by atoms with van der Waals surface area (Å²) >= 11 is 6.21. The molecule has 1 heterocycles. The molecule has 0 spiro atoms. The third-order valence-electron chi connectivity index (χ3n) is 3.97. The van der Waals surface area contributed by atoms with Crippen LogP contribution >= 0.6 is 11.6 Å². The normalized spacial score (nSPS) is 20.5. The van der Waals surface area contributed by atoms with E-state index in [1.54, 1.807) is 0 Å². The van der Waals surface area contributed by atoms with Crippen LogP contribution in [0.3, 0.4) is 0 Å². The van der Waals surface area contributed by atoms with Crippen molar-refractivity contribution in [1.82, 2.24) is 5.32 Å². The summed E-state index contributed by atoms with van der Waals surface area (Å²) in [6, 6.07) is 7.52. The summed E-state index contributed by atoms with van der Waals surface area (Å²) in [5.74, 6) is -0.437. The quantitative estimate of drug-likeness (QED) is 0.905. The lowest BCUT2D eigenvalue weighted by molar-refractivity contribution is -0.121. The predicted octanol–water partition coefficient (Wildman–Crippen LogP) is 1.86. The van der Waals surface area contributed by atoms with Gasteiger partial charge >= 0.3 is 0 Å². The van der Waals surface area contributed by atoms with Crippen molar-refractivity contribution in [2.75, 3.05) is 24.2 Å². The molecule has 2 rings (SSSR count). The van der Waals surface area contributed by atoms with E-state index < -0.39 is 21.0 Å². The summed E-state index contributed by atoms with van der Waals surface area (Å²) in [6.45, 7) is 2.92. The van der Waals surface area contributed by atoms with Crippen LogP contribution in [-0.4, -0.2) is 45.0 Å². The SMILES string of the molecule is CC(C(=O)NC1CCCN(c2ccccc2Cl)C1)S(C)(=O)=O. The van der Waals surface area contributed by atoms with E-state index in [2.05, 4.69) is 10.2 Å². The molecular formula is C15H21ClN2O3S. The van der Waals surface area contributed by atoms with E-state index >= 15 is 0 Å². The molecule has 1 fully saturated rings. The second-order valence-corrected chi connectivity index (χ2v) is 8.49. The summed E-state index contributed by atoms with van der Waals surface area (Å²) in [4.78, 5) is 14.2. The van der Waals surface area contributed by atoms with Crippen LogP contribution < -0.4 is 10.2 Å². The molecule has 2 atom stereocenters. The lowest BCUT2D eigenvalue weighted by Crippen LogP contribution is -2.51. The number of piperidine rings is 1. The average Bonchev–Trinajstić information content (AvgIpc) is 2.46. The minimum atomic E-state index is -3.37. The van der Waals surface area contributed by atoms with Gasteiger partial charge in [0.15, 0.2) is 9.84 Å². The van der Waals surface area contributed by atoms with E-state index in [1.165, 1.54) is 6.92 Å². The third-order valence-corrected chi connectivity index (χ3v) is 5.79. The van der Waals surface area contributed by atoms with Crippen molar-refractivity contribution in [3.8, 4) is 0 Å². The van der Waals surface area contributed by atoms with Crippen LogP contribution in [0.25, 0.3) is 0 Å². The molecule has 0 radical (unpaired) electrons. The molecule has 1 N–H and O–H groups in total. The van der Waals surface area contributed by atoms with Gasteiger partial charge in [-0.2, -0.15) is 0 Å². The number of carbonyl (C=O) groups excluding carboxylic acids is 1. The molecule has 1 aliphatic heterocycles. The largest absolute Gasteiger partial charge is 0.368 e. The van der Waals surface area contributed by atoms with Gasteiger partial charge in [-0.05, 0) is 31.9 Å². The highest BCUT2D eigenvalue weighted by Crippen LogP contribution is 2.27. The van der Waals surface area contributed by atoms with E-state index in [1.807, 2.05) is 24.3 Å². The van der Waals surface area contributed by atoms with Crippen molar-refractivity contribution in [3.05, 3.63) is 29.3 Å². The van der Waals surface area contributed by atoms with Gasteiger partial charge in [0.1, 0.15) is 5.25 Å². The first-order chi connectivity index (χ1) is 10.3. The Hall–Kier alpha value is -1.27. The van der Waals surface area contributed by atoms with Crippen molar-refractivity contribution in [1.29, 1.82) is 0 Å². The Bertz CT molecular complexity index is 648. The molecule has 1 aliphatic rings. The van der Waals surface area contributed by atoms with E-state index in [9.17, 15) is 13.2 Å². The minimum Gasteiger partial charge on any atom is -0.368 e. The summed E-state index contributed by atoms with van der Waals surface area (Å²) in [5, 5.41) is 2.50. The van der Waals surface area contributed by atoms with Crippen LogP contribution in [0.4, 0.5) is 5.69 Å². The molecular weight excluding hydrogens is 324 g/mol. The Morgan fingerprint density at radius 1 is 1.41 bits per heavy atom. The van der Waals surface area contributed by atoms with Crippen LogP contribution in [0.5, 0.6) is 0 Å². The van der Waals surface area contributed by atoms with Crippen molar-refractivity contribution in [3.63, 3.8) is 0 Å². The van der Waals surface area contributed by atoms with Crippen LogP contribution in [0.1, 0.15) is 19.8 Å². The average molecular weight is 345 g/mol. The number of carbonyl (C=O) groups is 1. The number of hydrogen-bond acceptors (Lipinski definition) is 4. The molecule has 0 aromatic heterocycles. The third kappa shape index (κ3) is 4.14. The van der Waals surface area contributed by atoms with Crippen molar-refractivity contribution < 1.29 is 13.2 Å². The fourth-order valence-corrected chi connectivity index (χ4v) is 3.25. The number of halogens is 1. The maximum absolute atomic E-state index is 12.0. The van der Waals surface area contributed by atoms with Crippen LogP contribution in [-0.2, 0) is 14.6 Å². The monoisotopic (exact) mass is 344 g/mol. The van der Waals surface area contributed by atoms with Gasteiger partial charge in [-0.25, -0.2) is 8.42 Å². The topological polar surface area (TPSA) is 66.5 Å². The first-order valence-electron chi connectivity index (χ1n) is 7.27. The maximum atomic E-state index is 12.0. The van der Waals surface area contributed by atoms with E-state index in [-0.39, 0.29) is 6.04 Å².